The largest absolute Gasteiger partial charge is 0.316 e. The van der Waals surface area contributed by atoms with Crippen LogP contribution in [-0.4, -0.2) is 21.6 Å². The Kier molecular flexibility index (Phi) is 3.48. The van der Waals surface area contributed by atoms with Crippen molar-refractivity contribution < 1.29 is 0 Å². The van der Waals surface area contributed by atoms with Crippen LogP contribution in [0.3, 0.4) is 0 Å². The SMILES string of the molecule is CCc1nccn1-c1ncc(CNC)c2ccccc12. The summed E-state index contributed by atoms with van der Waals surface area (Å²) in [5, 5.41) is 5.59. The third kappa shape index (κ3) is 2.08. The first-order valence-corrected chi connectivity index (χ1v) is 6.89. The van der Waals surface area contributed by atoms with Crippen LogP contribution in [0.15, 0.2) is 42.9 Å². The lowest BCUT2D eigenvalue weighted by atomic mass is 10.1. The fraction of sp³-hybridized carbons (Fsp3) is 0.250. The summed E-state index contributed by atoms with van der Waals surface area (Å²) in [7, 11) is 1.95. The van der Waals surface area contributed by atoms with Gasteiger partial charge in [0, 0.05) is 36.9 Å². The number of pyridine rings is 1. The topological polar surface area (TPSA) is 42.7 Å². The molecule has 0 fully saturated rings. The fourth-order valence-electron chi connectivity index (χ4n) is 2.55. The summed E-state index contributed by atoms with van der Waals surface area (Å²) < 4.78 is 2.07. The predicted octanol–water partition coefficient (Wildman–Crippen LogP) is 2.70. The molecule has 0 saturated carbocycles. The number of nitrogens with one attached hydrogen (secondary N) is 1. The Morgan fingerprint density at radius 1 is 1.15 bits per heavy atom. The van der Waals surface area contributed by atoms with E-state index in [0.29, 0.717) is 0 Å². The minimum atomic E-state index is 0.818. The molecule has 0 radical (unpaired) electrons. The molecule has 3 rings (SSSR count). The molecule has 0 aliphatic heterocycles. The fourth-order valence-corrected chi connectivity index (χ4v) is 2.55. The van der Waals surface area contributed by atoms with Gasteiger partial charge in [0.15, 0.2) is 0 Å². The summed E-state index contributed by atoms with van der Waals surface area (Å²) in [6.45, 7) is 2.93. The van der Waals surface area contributed by atoms with E-state index in [0.717, 1.165) is 30.0 Å². The van der Waals surface area contributed by atoms with Gasteiger partial charge in [0.05, 0.1) is 0 Å². The number of aromatic nitrogens is 3. The summed E-state index contributed by atoms with van der Waals surface area (Å²) in [5.74, 6) is 1.99. The molecular weight excluding hydrogens is 248 g/mol. The molecule has 20 heavy (non-hydrogen) atoms. The van der Waals surface area contributed by atoms with Crippen molar-refractivity contribution in [1.29, 1.82) is 0 Å². The Balaban J connectivity index is 2.25. The minimum Gasteiger partial charge on any atom is -0.316 e. The van der Waals surface area contributed by atoms with E-state index in [2.05, 4.69) is 51.0 Å². The first-order valence-electron chi connectivity index (χ1n) is 6.89. The first kappa shape index (κ1) is 12.8. The van der Waals surface area contributed by atoms with Crippen LogP contribution in [0, 0.1) is 0 Å². The Labute approximate surface area is 118 Å². The van der Waals surface area contributed by atoms with Gasteiger partial charge >= 0.3 is 0 Å². The number of fused-ring (bicyclic) bond motifs is 1. The second kappa shape index (κ2) is 5.43. The van der Waals surface area contributed by atoms with E-state index in [1.807, 2.05) is 25.6 Å². The summed E-state index contributed by atoms with van der Waals surface area (Å²) in [6, 6.07) is 8.39. The van der Waals surface area contributed by atoms with Gasteiger partial charge in [0.2, 0.25) is 0 Å². The second-order valence-corrected chi connectivity index (χ2v) is 4.75. The van der Waals surface area contributed by atoms with Crippen molar-refractivity contribution in [2.24, 2.45) is 0 Å². The van der Waals surface area contributed by atoms with E-state index in [-0.39, 0.29) is 0 Å². The Hall–Kier alpha value is -2.20. The maximum atomic E-state index is 4.66. The smallest absolute Gasteiger partial charge is 0.145 e. The van der Waals surface area contributed by atoms with Crippen LogP contribution in [0.25, 0.3) is 16.6 Å². The summed E-state index contributed by atoms with van der Waals surface area (Å²) in [5.41, 5.74) is 1.21. The van der Waals surface area contributed by atoms with Crippen molar-refractivity contribution in [2.45, 2.75) is 19.9 Å². The zero-order valence-corrected chi connectivity index (χ0v) is 11.8. The molecule has 0 atom stereocenters. The van der Waals surface area contributed by atoms with Crippen molar-refractivity contribution in [2.75, 3.05) is 7.05 Å². The van der Waals surface area contributed by atoms with E-state index in [1.54, 1.807) is 0 Å². The normalized spacial score (nSPS) is 11.1. The lowest BCUT2D eigenvalue weighted by Crippen LogP contribution is -2.08. The predicted molar refractivity (Wildman–Crippen MR) is 81.0 cm³/mol. The zero-order valence-electron chi connectivity index (χ0n) is 11.8. The summed E-state index contributed by atoms with van der Waals surface area (Å²) in [4.78, 5) is 9.05. The number of nitrogens with zero attached hydrogens (tertiary/aromatic N) is 3. The van der Waals surface area contributed by atoms with Crippen molar-refractivity contribution in [1.82, 2.24) is 19.9 Å². The third-order valence-corrected chi connectivity index (χ3v) is 3.49. The van der Waals surface area contributed by atoms with Crippen LogP contribution >= 0.6 is 0 Å². The van der Waals surface area contributed by atoms with Crippen LogP contribution < -0.4 is 5.32 Å². The van der Waals surface area contributed by atoms with Crippen LogP contribution in [0.5, 0.6) is 0 Å². The molecule has 102 valence electrons. The van der Waals surface area contributed by atoms with E-state index < -0.39 is 0 Å². The molecular formula is C16H18N4. The molecule has 2 heterocycles. The van der Waals surface area contributed by atoms with Gasteiger partial charge in [-0.1, -0.05) is 31.2 Å². The van der Waals surface area contributed by atoms with Gasteiger partial charge in [-0.05, 0) is 18.0 Å². The molecule has 4 nitrogen and oxygen atoms in total. The quantitative estimate of drug-likeness (QED) is 0.789. The molecule has 4 heteroatoms. The molecule has 3 aromatic rings. The Bertz CT molecular complexity index is 730. The van der Waals surface area contributed by atoms with Gasteiger partial charge in [-0.25, -0.2) is 9.97 Å². The lowest BCUT2D eigenvalue weighted by Gasteiger charge is -2.12. The average Bonchev–Trinajstić information content (AvgIpc) is 2.96. The highest BCUT2D eigenvalue weighted by atomic mass is 15.1. The number of hydrogen-bond donors (Lipinski definition) is 1. The van der Waals surface area contributed by atoms with Crippen molar-refractivity contribution >= 4 is 10.8 Å². The number of hydrogen-bond acceptors (Lipinski definition) is 3. The number of benzene rings is 1. The highest BCUT2D eigenvalue weighted by Gasteiger charge is 2.10. The van der Waals surface area contributed by atoms with Crippen molar-refractivity contribution in [3.63, 3.8) is 0 Å². The maximum Gasteiger partial charge on any atom is 0.145 e. The monoisotopic (exact) mass is 266 g/mol. The van der Waals surface area contributed by atoms with Gasteiger partial charge in [-0.15, -0.1) is 0 Å². The number of aryl methyl sites for hydroxylation is 1. The summed E-state index contributed by atoms with van der Waals surface area (Å²) in [6.07, 6.45) is 6.65. The van der Waals surface area contributed by atoms with Gasteiger partial charge in [-0.2, -0.15) is 0 Å². The molecule has 2 aromatic heterocycles. The standard InChI is InChI=1S/C16H18N4/c1-3-15-18-8-9-20(15)16-14-7-5-4-6-13(14)12(10-17-2)11-19-16/h4-9,11,17H,3,10H2,1-2H3. The van der Waals surface area contributed by atoms with Crippen LogP contribution in [0.2, 0.25) is 0 Å². The molecule has 0 bridgehead atoms. The molecule has 0 saturated heterocycles. The highest BCUT2D eigenvalue weighted by Crippen LogP contribution is 2.24. The molecule has 0 aliphatic carbocycles. The van der Waals surface area contributed by atoms with Crippen LogP contribution in [0.1, 0.15) is 18.3 Å². The van der Waals surface area contributed by atoms with Crippen molar-refractivity contribution in [3.8, 4) is 5.82 Å². The van der Waals surface area contributed by atoms with E-state index in [9.17, 15) is 0 Å². The average molecular weight is 266 g/mol. The van der Waals surface area contributed by atoms with Gasteiger partial charge < -0.3 is 5.32 Å². The van der Waals surface area contributed by atoms with Crippen LogP contribution in [0.4, 0.5) is 0 Å². The Morgan fingerprint density at radius 2 is 1.95 bits per heavy atom. The van der Waals surface area contributed by atoms with E-state index >= 15 is 0 Å². The van der Waals surface area contributed by atoms with Gasteiger partial charge in [0.1, 0.15) is 11.6 Å². The third-order valence-electron chi connectivity index (χ3n) is 3.49. The van der Waals surface area contributed by atoms with E-state index in [4.69, 9.17) is 0 Å². The lowest BCUT2D eigenvalue weighted by molar-refractivity contribution is 0.815. The molecule has 0 unspecified atom stereocenters. The number of rotatable bonds is 4. The van der Waals surface area contributed by atoms with Crippen LogP contribution in [-0.2, 0) is 13.0 Å². The molecule has 0 spiro atoms. The highest BCUT2D eigenvalue weighted by molar-refractivity contribution is 5.91. The van der Waals surface area contributed by atoms with Gasteiger partial charge in [-0.3, -0.25) is 4.57 Å². The molecule has 1 aromatic carbocycles. The first-order chi connectivity index (χ1) is 9.85. The molecule has 1 N–H and O–H groups in total. The Morgan fingerprint density at radius 3 is 2.70 bits per heavy atom. The van der Waals surface area contributed by atoms with E-state index in [1.165, 1.54) is 10.9 Å². The molecule has 0 aliphatic rings. The van der Waals surface area contributed by atoms with Gasteiger partial charge in [0.25, 0.3) is 0 Å². The number of imidazole rings is 1. The zero-order chi connectivity index (χ0) is 13.9. The van der Waals surface area contributed by atoms with Crippen molar-refractivity contribution in [3.05, 3.63) is 54.2 Å². The maximum absolute atomic E-state index is 4.66. The second-order valence-electron chi connectivity index (χ2n) is 4.75. The molecule has 0 amide bonds. The minimum absolute atomic E-state index is 0.818. The summed E-state index contributed by atoms with van der Waals surface area (Å²) >= 11 is 0.